The molecule has 0 aliphatic heterocycles. The predicted molar refractivity (Wildman–Crippen MR) is 95.3 cm³/mol. The zero-order valence-electron chi connectivity index (χ0n) is 13.7. The van der Waals surface area contributed by atoms with Crippen molar-refractivity contribution in [2.24, 2.45) is 5.92 Å². The van der Waals surface area contributed by atoms with E-state index in [9.17, 15) is 13.2 Å². The standard InChI is InChI=1S/C18H22N2O3S/c1-24(22,23)20-11-5-10-19-18(21)17-12-16(17)15-9-4-7-13-6-2-3-8-14(13)15/h2-4,6-9,16-17,20H,5,10-12H2,1H3,(H,19,21). The molecule has 0 heterocycles. The fourth-order valence-corrected chi connectivity index (χ4v) is 3.61. The summed E-state index contributed by atoms with van der Waals surface area (Å²) in [5, 5.41) is 5.33. The summed E-state index contributed by atoms with van der Waals surface area (Å²) in [6, 6.07) is 14.5. The fraction of sp³-hybridized carbons (Fsp3) is 0.389. The van der Waals surface area contributed by atoms with Crippen LogP contribution in [0.1, 0.15) is 24.3 Å². The molecule has 2 aromatic carbocycles. The molecule has 1 amide bonds. The maximum Gasteiger partial charge on any atom is 0.223 e. The lowest BCUT2D eigenvalue weighted by molar-refractivity contribution is -0.122. The van der Waals surface area contributed by atoms with Gasteiger partial charge >= 0.3 is 0 Å². The number of hydrogen-bond donors (Lipinski definition) is 2. The molecule has 0 aromatic heterocycles. The topological polar surface area (TPSA) is 75.3 Å². The molecule has 1 aliphatic rings. The molecule has 128 valence electrons. The Bertz CT molecular complexity index is 843. The van der Waals surface area contributed by atoms with Crippen molar-refractivity contribution in [1.82, 2.24) is 10.0 Å². The molecular formula is C18H22N2O3S. The Morgan fingerprint density at radius 3 is 2.67 bits per heavy atom. The fourth-order valence-electron chi connectivity index (χ4n) is 3.09. The van der Waals surface area contributed by atoms with E-state index in [0.717, 1.165) is 12.7 Å². The van der Waals surface area contributed by atoms with Crippen LogP contribution in [-0.4, -0.2) is 33.7 Å². The van der Waals surface area contributed by atoms with Crippen molar-refractivity contribution in [1.29, 1.82) is 0 Å². The maximum absolute atomic E-state index is 12.2. The first kappa shape index (κ1) is 16.9. The van der Waals surface area contributed by atoms with Crippen LogP contribution >= 0.6 is 0 Å². The number of benzene rings is 2. The van der Waals surface area contributed by atoms with Crippen molar-refractivity contribution in [3.05, 3.63) is 48.0 Å². The van der Waals surface area contributed by atoms with E-state index in [1.54, 1.807) is 0 Å². The molecule has 0 bridgehead atoms. The molecule has 3 rings (SSSR count). The molecule has 1 aliphatic carbocycles. The van der Waals surface area contributed by atoms with Crippen molar-refractivity contribution in [2.75, 3.05) is 19.3 Å². The van der Waals surface area contributed by atoms with Crippen molar-refractivity contribution < 1.29 is 13.2 Å². The number of carbonyl (C=O) groups is 1. The van der Waals surface area contributed by atoms with Crippen LogP contribution in [0.3, 0.4) is 0 Å². The van der Waals surface area contributed by atoms with E-state index in [1.165, 1.54) is 16.3 Å². The first-order valence-corrected chi connectivity index (χ1v) is 10.0. The third-order valence-electron chi connectivity index (χ3n) is 4.37. The van der Waals surface area contributed by atoms with Crippen LogP contribution in [0.15, 0.2) is 42.5 Å². The normalized spacial score (nSPS) is 20.0. The average molecular weight is 346 g/mol. The smallest absolute Gasteiger partial charge is 0.223 e. The van der Waals surface area contributed by atoms with E-state index >= 15 is 0 Å². The van der Waals surface area contributed by atoms with E-state index in [0.29, 0.717) is 19.5 Å². The Hall–Kier alpha value is -1.92. The summed E-state index contributed by atoms with van der Waals surface area (Å²) in [6.07, 6.45) is 2.59. The highest BCUT2D eigenvalue weighted by Gasteiger charge is 2.44. The van der Waals surface area contributed by atoms with E-state index in [-0.39, 0.29) is 17.7 Å². The van der Waals surface area contributed by atoms with Crippen LogP contribution in [-0.2, 0) is 14.8 Å². The van der Waals surface area contributed by atoms with E-state index in [2.05, 4.69) is 34.3 Å². The van der Waals surface area contributed by atoms with Gasteiger partial charge in [-0.1, -0.05) is 42.5 Å². The largest absolute Gasteiger partial charge is 0.356 e. The quantitative estimate of drug-likeness (QED) is 0.753. The number of hydrogen-bond acceptors (Lipinski definition) is 3. The number of carbonyl (C=O) groups excluding carboxylic acids is 1. The molecule has 24 heavy (non-hydrogen) atoms. The first-order chi connectivity index (χ1) is 11.5. The van der Waals surface area contributed by atoms with Gasteiger partial charge in [-0.15, -0.1) is 0 Å². The molecule has 1 saturated carbocycles. The Balaban J connectivity index is 1.52. The average Bonchev–Trinajstić information content (AvgIpc) is 3.33. The van der Waals surface area contributed by atoms with Crippen LogP contribution in [0.5, 0.6) is 0 Å². The number of sulfonamides is 1. The second-order valence-electron chi connectivity index (χ2n) is 6.33. The highest BCUT2D eigenvalue weighted by Crippen LogP contribution is 2.49. The molecular weight excluding hydrogens is 324 g/mol. The van der Waals surface area contributed by atoms with Gasteiger partial charge in [0.1, 0.15) is 0 Å². The minimum Gasteiger partial charge on any atom is -0.356 e. The van der Waals surface area contributed by atoms with Gasteiger partial charge in [-0.3, -0.25) is 4.79 Å². The summed E-state index contributed by atoms with van der Waals surface area (Å²) in [6.45, 7) is 0.830. The maximum atomic E-state index is 12.2. The lowest BCUT2D eigenvalue weighted by Crippen LogP contribution is -2.30. The Labute approximate surface area is 142 Å². The summed E-state index contributed by atoms with van der Waals surface area (Å²) < 4.78 is 24.3. The van der Waals surface area contributed by atoms with Crippen molar-refractivity contribution in [3.8, 4) is 0 Å². The predicted octanol–water partition coefficient (Wildman–Crippen LogP) is 2.00. The van der Waals surface area contributed by atoms with Crippen LogP contribution < -0.4 is 10.0 Å². The number of fused-ring (bicyclic) bond motifs is 1. The molecule has 0 saturated heterocycles. The first-order valence-electron chi connectivity index (χ1n) is 8.16. The number of amides is 1. The lowest BCUT2D eigenvalue weighted by atomic mass is 10.00. The summed E-state index contributed by atoms with van der Waals surface area (Å²) in [4.78, 5) is 12.2. The summed E-state index contributed by atoms with van der Waals surface area (Å²) >= 11 is 0. The van der Waals surface area contributed by atoms with Crippen LogP contribution in [0.2, 0.25) is 0 Å². The number of rotatable bonds is 7. The monoisotopic (exact) mass is 346 g/mol. The van der Waals surface area contributed by atoms with Gasteiger partial charge in [0.25, 0.3) is 0 Å². The molecule has 2 aromatic rings. The van der Waals surface area contributed by atoms with Gasteiger partial charge in [-0.2, -0.15) is 0 Å². The molecule has 2 unspecified atom stereocenters. The van der Waals surface area contributed by atoms with Gasteiger partial charge in [0.15, 0.2) is 0 Å². The van der Waals surface area contributed by atoms with Gasteiger partial charge in [0.05, 0.1) is 6.26 Å². The second kappa shape index (κ2) is 6.91. The van der Waals surface area contributed by atoms with Crippen LogP contribution in [0.4, 0.5) is 0 Å². The van der Waals surface area contributed by atoms with E-state index < -0.39 is 10.0 Å². The molecule has 0 radical (unpaired) electrons. The summed E-state index contributed by atoms with van der Waals surface area (Å²) in [7, 11) is -3.16. The van der Waals surface area contributed by atoms with Gasteiger partial charge in [0, 0.05) is 19.0 Å². The van der Waals surface area contributed by atoms with E-state index in [1.807, 2.05) is 18.2 Å². The SMILES string of the molecule is CS(=O)(=O)NCCCNC(=O)C1CC1c1cccc2ccccc12. The highest BCUT2D eigenvalue weighted by atomic mass is 32.2. The molecule has 6 heteroatoms. The zero-order valence-corrected chi connectivity index (χ0v) is 14.5. The van der Waals surface area contributed by atoms with Gasteiger partial charge in [0.2, 0.25) is 15.9 Å². The third-order valence-corrected chi connectivity index (χ3v) is 5.10. The van der Waals surface area contributed by atoms with Crippen molar-refractivity contribution in [2.45, 2.75) is 18.8 Å². The molecule has 2 N–H and O–H groups in total. The lowest BCUT2D eigenvalue weighted by Gasteiger charge is -2.07. The van der Waals surface area contributed by atoms with Gasteiger partial charge in [-0.05, 0) is 35.1 Å². The minimum atomic E-state index is -3.16. The van der Waals surface area contributed by atoms with Crippen molar-refractivity contribution >= 4 is 26.7 Å². The zero-order chi connectivity index (χ0) is 17.2. The van der Waals surface area contributed by atoms with Crippen molar-refractivity contribution in [3.63, 3.8) is 0 Å². The third kappa shape index (κ3) is 4.13. The number of nitrogens with one attached hydrogen (secondary N) is 2. The molecule has 0 spiro atoms. The minimum absolute atomic E-state index is 0.0265. The summed E-state index contributed by atoms with van der Waals surface area (Å²) in [5.74, 6) is 0.371. The Morgan fingerprint density at radius 2 is 1.88 bits per heavy atom. The van der Waals surface area contributed by atoms with Gasteiger partial charge < -0.3 is 5.32 Å². The van der Waals surface area contributed by atoms with E-state index in [4.69, 9.17) is 0 Å². The highest BCUT2D eigenvalue weighted by molar-refractivity contribution is 7.88. The Morgan fingerprint density at radius 1 is 1.12 bits per heavy atom. The molecule has 2 atom stereocenters. The second-order valence-corrected chi connectivity index (χ2v) is 8.16. The van der Waals surface area contributed by atoms with Crippen LogP contribution in [0, 0.1) is 5.92 Å². The summed E-state index contributed by atoms with van der Waals surface area (Å²) in [5.41, 5.74) is 1.24. The molecule has 5 nitrogen and oxygen atoms in total. The Kier molecular flexibility index (Phi) is 4.87. The van der Waals surface area contributed by atoms with Gasteiger partial charge in [-0.25, -0.2) is 13.1 Å². The molecule has 1 fully saturated rings. The van der Waals surface area contributed by atoms with Crippen LogP contribution in [0.25, 0.3) is 10.8 Å².